The van der Waals surface area contributed by atoms with E-state index in [2.05, 4.69) is 20.9 Å². The van der Waals surface area contributed by atoms with Gasteiger partial charge in [-0.2, -0.15) is 0 Å². The predicted octanol–water partition coefficient (Wildman–Crippen LogP) is 3.36. The van der Waals surface area contributed by atoms with Crippen LogP contribution in [0.3, 0.4) is 0 Å². The Morgan fingerprint density at radius 2 is 2.05 bits per heavy atom. The standard InChI is InChI=1S/C14H11BrFN3/c15-12-5-10(16)2-3-11(12)13-8-19-7-9(6-17)1-4-14(19)18-13/h1-5,7-8H,6,17H2. The highest BCUT2D eigenvalue weighted by Crippen LogP contribution is 2.28. The molecule has 0 bridgehead atoms. The number of nitrogens with two attached hydrogens (primary N) is 1. The minimum atomic E-state index is -0.273. The molecule has 0 radical (unpaired) electrons. The Labute approximate surface area is 118 Å². The fraction of sp³-hybridized carbons (Fsp3) is 0.0714. The number of imidazole rings is 1. The van der Waals surface area contributed by atoms with Crippen molar-refractivity contribution in [1.29, 1.82) is 0 Å². The van der Waals surface area contributed by atoms with E-state index in [1.807, 2.05) is 28.9 Å². The van der Waals surface area contributed by atoms with Crippen LogP contribution < -0.4 is 5.73 Å². The van der Waals surface area contributed by atoms with Gasteiger partial charge in [-0.25, -0.2) is 9.37 Å². The van der Waals surface area contributed by atoms with Crippen LogP contribution in [0.2, 0.25) is 0 Å². The quantitative estimate of drug-likeness (QED) is 0.787. The van der Waals surface area contributed by atoms with Crippen molar-refractivity contribution < 1.29 is 4.39 Å². The van der Waals surface area contributed by atoms with Crippen LogP contribution in [0.5, 0.6) is 0 Å². The van der Waals surface area contributed by atoms with Gasteiger partial charge in [-0.05, 0) is 45.8 Å². The fourth-order valence-electron chi connectivity index (χ4n) is 1.99. The third-order valence-electron chi connectivity index (χ3n) is 2.96. The first-order valence-corrected chi connectivity index (χ1v) is 6.60. The van der Waals surface area contributed by atoms with Crippen molar-refractivity contribution >= 4 is 21.6 Å². The Morgan fingerprint density at radius 3 is 2.79 bits per heavy atom. The molecule has 2 heterocycles. The maximum atomic E-state index is 13.1. The van der Waals surface area contributed by atoms with Crippen LogP contribution in [-0.4, -0.2) is 9.38 Å². The first kappa shape index (κ1) is 12.3. The summed E-state index contributed by atoms with van der Waals surface area (Å²) in [5.41, 5.74) is 9.14. The molecule has 0 saturated heterocycles. The largest absolute Gasteiger partial charge is 0.326 e. The van der Waals surface area contributed by atoms with Gasteiger partial charge in [0.05, 0.1) is 5.69 Å². The second kappa shape index (κ2) is 4.75. The van der Waals surface area contributed by atoms with Gasteiger partial charge in [-0.1, -0.05) is 6.07 Å². The molecule has 0 aliphatic rings. The molecule has 5 heteroatoms. The van der Waals surface area contributed by atoms with E-state index in [0.717, 1.165) is 22.5 Å². The van der Waals surface area contributed by atoms with Gasteiger partial charge in [-0.15, -0.1) is 0 Å². The van der Waals surface area contributed by atoms with Crippen molar-refractivity contribution in [2.45, 2.75) is 6.54 Å². The number of fused-ring (bicyclic) bond motifs is 1. The zero-order valence-corrected chi connectivity index (χ0v) is 11.6. The lowest BCUT2D eigenvalue weighted by Crippen LogP contribution is -1.97. The molecule has 0 aliphatic heterocycles. The van der Waals surface area contributed by atoms with E-state index in [-0.39, 0.29) is 5.82 Å². The second-order valence-electron chi connectivity index (χ2n) is 4.26. The number of benzene rings is 1. The van der Waals surface area contributed by atoms with Crippen LogP contribution in [0.25, 0.3) is 16.9 Å². The molecular weight excluding hydrogens is 309 g/mol. The normalized spacial score (nSPS) is 11.1. The highest BCUT2D eigenvalue weighted by atomic mass is 79.9. The van der Waals surface area contributed by atoms with E-state index < -0.39 is 0 Å². The summed E-state index contributed by atoms with van der Waals surface area (Å²) in [6.07, 6.45) is 3.86. The van der Waals surface area contributed by atoms with Gasteiger partial charge in [0.25, 0.3) is 0 Å². The third-order valence-corrected chi connectivity index (χ3v) is 3.61. The fourth-order valence-corrected chi connectivity index (χ4v) is 2.54. The average Bonchev–Trinajstić information content (AvgIpc) is 2.80. The number of nitrogens with zero attached hydrogens (tertiary/aromatic N) is 2. The first-order valence-electron chi connectivity index (χ1n) is 5.80. The summed E-state index contributed by atoms with van der Waals surface area (Å²) in [7, 11) is 0. The molecule has 96 valence electrons. The molecule has 0 aliphatic carbocycles. The monoisotopic (exact) mass is 319 g/mol. The molecule has 19 heavy (non-hydrogen) atoms. The van der Waals surface area contributed by atoms with Crippen molar-refractivity contribution in [3.63, 3.8) is 0 Å². The second-order valence-corrected chi connectivity index (χ2v) is 5.11. The Morgan fingerprint density at radius 1 is 1.21 bits per heavy atom. The number of hydrogen-bond acceptors (Lipinski definition) is 2. The zero-order chi connectivity index (χ0) is 13.4. The van der Waals surface area contributed by atoms with Crippen molar-refractivity contribution in [2.75, 3.05) is 0 Å². The molecule has 0 unspecified atom stereocenters. The zero-order valence-electron chi connectivity index (χ0n) is 9.98. The molecule has 2 aromatic heterocycles. The van der Waals surface area contributed by atoms with Crippen LogP contribution in [0, 0.1) is 5.82 Å². The van der Waals surface area contributed by atoms with Crippen molar-refractivity contribution in [1.82, 2.24) is 9.38 Å². The van der Waals surface area contributed by atoms with E-state index in [4.69, 9.17) is 5.73 Å². The maximum absolute atomic E-state index is 13.1. The predicted molar refractivity (Wildman–Crippen MR) is 76.2 cm³/mol. The molecule has 0 spiro atoms. The first-order chi connectivity index (χ1) is 9.17. The topological polar surface area (TPSA) is 43.3 Å². The Bertz CT molecular complexity index is 752. The van der Waals surface area contributed by atoms with Gasteiger partial charge < -0.3 is 10.1 Å². The lowest BCUT2D eigenvalue weighted by molar-refractivity contribution is 0.627. The van der Waals surface area contributed by atoms with E-state index in [1.165, 1.54) is 12.1 Å². The molecule has 2 N–H and O–H groups in total. The molecule has 0 atom stereocenters. The van der Waals surface area contributed by atoms with Crippen molar-refractivity contribution in [3.05, 3.63) is 58.6 Å². The van der Waals surface area contributed by atoms with Crippen LogP contribution in [0.15, 0.2) is 47.2 Å². The summed E-state index contributed by atoms with van der Waals surface area (Å²) in [6, 6.07) is 8.44. The van der Waals surface area contributed by atoms with E-state index >= 15 is 0 Å². The molecule has 3 nitrogen and oxygen atoms in total. The molecule has 0 amide bonds. The third kappa shape index (κ3) is 2.27. The van der Waals surface area contributed by atoms with Crippen LogP contribution in [-0.2, 0) is 6.54 Å². The maximum Gasteiger partial charge on any atom is 0.137 e. The van der Waals surface area contributed by atoms with Crippen LogP contribution >= 0.6 is 15.9 Å². The van der Waals surface area contributed by atoms with Gasteiger partial charge in [-0.3, -0.25) is 0 Å². The molecule has 0 saturated carbocycles. The van der Waals surface area contributed by atoms with Gasteiger partial charge in [0.1, 0.15) is 11.5 Å². The van der Waals surface area contributed by atoms with E-state index in [9.17, 15) is 4.39 Å². The van der Waals surface area contributed by atoms with E-state index in [0.29, 0.717) is 11.0 Å². The van der Waals surface area contributed by atoms with Crippen LogP contribution in [0.1, 0.15) is 5.56 Å². The van der Waals surface area contributed by atoms with E-state index in [1.54, 1.807) is 6.07 Å². The van der Waals surface area contributed by atoms with Gasteiger partial charge in [0, 0.05) is 29.0 Å². The lowest BCUT2D eigenvalue weighted by atomic mass is 10.2. The Kier molecular flexibility index (Phi) is 3.08. The minimum Gasteiger partial charge on any atom is -0.326 e. The number of rotatable bonds is 2. The minimum absolute atomic E-state index is 0.273. The average molecular weight is 320 g/mol. The van der Waals surface area contributed by atoms with Gasteiger partial charge in [0.15, 0.2) is 0 Å². The van der Waals surface area contributed by atoms with Crippen molar-refractivity contribution in [2.24, 2.45) is 5.73 Å². The lowest BCUT2D eigenvalue weighted by Gasteiger charge is -1.99. The Balaban J connectivity index is 2.14. The molecule has 0 fully saturated rings. The number of pyridine rings is 1. The summed E-state index contributed by atoms with van der Waals surface area (Å²) >= 11 is 3.36. The Hall–Kier alpha value is -1.72. The highest BCUT2D eigenvalue weighted by Gasteiger charge is 2.09. The van der Waals surface area contributed by atoms with Gasteiger partial charge in [0.2, 0.25) is 0 Å². The summed E-state index contributed by atoms with van der Waals surface area (Å²) in [6.45, 7) is 0.490. The summed E-state index contributed by atoms with van der Waals surface area (Å²) < 4.78 is 15.7. The molecule has 1 aromatic carbocycles. The van der Waals surface area contributed by atoms with Crippen LogP contribution in [0.4, 0.5) is 4.39 Å². The molecule has 3 rings (SSSR count). The summed E-state index contributed by atoms with van der Waals surface area (Å²) in [5, 5.41) is 0. The summed E-state index contributed by atoms with van der Waals surface area (Å²) in [4.78, 5) is 4.52. The molecule has 3 aromatic rings. The SMILES string of the molecule is NCc1ccc2nc(-c3ccc(F)cc3Br)cn2c1. The number of aromatic nitrogens is 2. The number of halogens is 2. The highest BCUT2D eigenvalue weighted by molar-refractivity contribution is 9.10. The summed E-state index contributed by atoms with van der Waals surface area (Å²) in [5.74, 6) is -0.273. The smallest absolute Gasteiger partial charge is 0.137 e. The number of hydrogen-bond donors (Lipinski definition) is 1. The van der Waals surface area contributed by atoms with Gasteiger partial charge >= 0.3 is 0 Å². The molecular formula is C14H11BrFN3. The van der Waals surface area contributed by atoms with Crippen molar-refractivity contribution in [3.8, 4) is 11.3 Å².